The second-order valence-electron chi connectivity index (χ2n) is 6.49. The van der Waals surface area contributed by atoms with Crippen molar-refractivity contribution in [3.05, 3.63) is 54.0 Å². The first-order valence-corrected chi connectivity index (χ1v) is 8.20. The van der Waals surface area contributed by atoms with Crippen LogP contribution in [0.15, 0.2) is 47.1 Å². The molecule has 1 saturated carbocycles. The number of carbonyl (C=O) groups excluding carboxylic acids is 1. The van der Waals surface area contributed by atoms with Crippen molar-refractivity contribution >= 4 is 11.6 Å². The van der Waals surface area contributed by atoms with Crippen LogP contribution in [0.2, 0.25) is 0 Å². The smallest absolute Gasteiger partial charge is 0.241 e. The molecule has 4 nitrogen and oxygen atoms in total. The van der Waals surface area contributed by atoms with Gasteiger partial charge in [-0.15, -0.1) is 0 Å². The average Bonchev–Trinajstić information content (AvgIpc) is 3.20. The van der Waals surface area contributed by atoms with Gasteiger partial charge in [-0.2, -0.15) is 0 Å². The number of amides is 1. The molecular weight excluding hydrogens is 288 g/mol. The summed E-state index contributed by atoms with van der Waals surface area (Å²) in [7, 11) is 1.90. The molecule has 0 atom stereocenters. The monoisotopic (exact) mass is 312 g/mol. The number of furan rings is 1. The molecule has 0 bridgehead atoms. The number of hydrogen-bond acceptors (Lipinski definition) is 3. The standard InChI is InChI=1S/C19H24N2O2/c1-15-5-9-17(10-6-15)21(13-18-4-3-11-23-18)14-19(22)20(2)12-16-7-8-16/h3-6,9-11,16H,7-8,12-14H2,1-2H3. The van der Waals surface area contributed by atoms with Crippen LogP contribution in [0.25, 0.3) is 0 Å². The largest absolute Gasteiger partial charge is 0.467 e. The highest BCUT2D eigenvalue weighted by molar-refractivity contribution is 5.81. The molecule has 1 aromatic carbocycles. The minimum Gasteiger partial charge on any atom is -0.467 e. The van der Waals surface area contributed by atoms with E-state index < -0.39 is 0 Å². The lowest BCUT2D eigenvalue weighted by molar-refractivity contribution is -0.128. The fourth-order valence-electron chi connectivity index (χ4n) is 2.66. The molecule has 0 radical (unpaired) electrons. The Morgan fingerprint density at radius 2 is 1.96 bits per heavy atom. The normalized spacial score (nSPS) is 13.8. The van der Waals surface area contributed by atoms with Gasteiger partial charge in [0.2, 0.25) is 5.91 Å². The Balaban J connectivity index is 1.71. The number of carbonyl (C=O) groups is 1. The van der Waals surface area contributed by atoms with E-state index in [0.717, 1.165) is 18.0 Å². The Morgan fingerprint density at radius 1 is 1.22 bits per heavy atom. The molecule has 0 N–H and O–H groups in total. The van der Waals surface area contributed by atoms with Gasteiger partial charge in [0.1, 0.15) is 5.76 Å². The van der Waals surface area contributed by atoms with Crippen molar-refractivity contribution in [3.8, 4) is 0 Å². The van der Waals surface area contributed by atoms with Gasteiger partial charge in [0, 0.05) is 19.3 Å². The van der Waals surface area contributed by atoms with Crippen LogP contribution in [0, 0.1) is 12.8 Å². The third-order valence-electron chi connectivity index (χ3n) is 4.31. The van der Waals surface area contributed by atoms with Crippen LogP contribution < -0.4 is 4.90 Å². The van der Waals surface area contributed by atoms with Crippen molar-refractivity contribution < 1.29 is 9.21 Å². The van der Waals surface area contributed by atoms with Crippen LogP contribution >= 0.6 is 0 Å². The molecule has 0 spiro atoms. The molecule has 0 saturated heterocycles. The molecule has 122 valence electrons. The Kier molecular flexibility index (Phi) is 4.70. The first-order valence-electron chi connectivity index (χ1n) is 8.20. The summed E-state index contributed by atoms with van der Waals surface area (Å²) in [5.41, 5.74) is 2.25. The molecular formula is C19H24N2O2. The van der Waals surface area contributed by atoms with E-state index in [0.29, 0.717) is 19.0 Å². The van der Waals surface area contributed by atoms with E-state index in [1.54, 1.807) is 6.26 Å². The predicted octanol–water partition coefficient (Wildman–Crippen LogP) is 3.46. The predicted molar refractivity (Wildman–Crippen MR) is 91.3 cm³/mol. The topological polar surface area (TPSA) is 36.7 Å². The molecule has 1 aliphatic rings. The first-order chi connectivity index (χ1) is 11.1. The van der Waals surface area contributed by atoms with Gasteiger partial charge < -0.3 is 14.2 Å². The fraction of sp³-hybridized carbons (Fsp3) is 0.421. The van der Waals surface area contributed by atoms with Crippen LogP contribution in [0.3, 0.4) is 0 Å². The van der Waals surface area contributed by atoms with Gasteiger partial charge >= 0.3 is 0 Å². The van der Waals surface area contributed by atoms with Crippen LogP contribution in [-0.2, 0) is 11.3 Å². The summed E-state index contributed by atoms with van der Waals surface area (Å²) in [6.45, 7) is 3.91. The lowest BCUT2D eigenvalue weighted by Crippen LogP contribution is -2.39. The summed E-state index contributed by atoms with van der Waals surface area (Å²) in [6.07, 6.45) is 4.18. The number of anilines is 1. The van der Waals surface area contributed by atoms with E-state index in [1.165, 1.54) is 18.4 Å². The van der Waals surface area contributed by atoms with Crippen LogP contribution in [0.1, 0.15) is 24.2 Å². The lowest BCUT2D eigenvalue weighted by Gasteiger charge is -2.26. The summed E-state index contributed by atoms with van der Waals surface area (Å²) in [4.78, 5) is 16.5. The van der Waals surface area contributed by atoms with E-state index in [2.05, 4.69) is 36.1 Å². The zero-order valence-electron chi connectivity index (χ0n) is 13.9. The number of likely N-dealkylation sites (N-methyl/N-ethyl adjacent to an activating group) is 1. The highest BCUT2D eigenvalue weighted by Crippen LogP contribution is 2.29. The third-order valence-corrected chi connectivity index (χ3v) is 4.31. The number of rotatable bonds is 7. The summed E-state index contributed by atoms with van der Waals surface area (Å²) >= 11 is 0. The second-order valence-corrected chi connectivity index (χ2v) is 6.49. The van der Waals surface area contributed by atoms with Gasteiger partial charge in [-0.25, -0.2) is 0 Å². The van der Waals surface area contributed by atoms with Crippen molar-refractivity contribution in [1.82, 2.24) is 4.90 Å². The van der Waals surface area contributed by atoms with Gasteiger partial charge in [-0.3, -0.25) is 4.79 Å². The average molecular weight is 312 g/mol. The van der Waals surface area contributed by atoms with E-state index >= 15 is 0 Å². The van der Waals surface area contributed by atoms with E-state index in [4.69, 9.17) is 4.42 Å². The van der Waals surface area contributed by atoms with Crippen LogP contribution in [0.4, 0.5) is 5.69 Å². The number of aryl methyl sites for hydroxylation is 1. The maximum atomic E-state index is 12.5. The molecule has 1 aliphatic carbocycles. The summed E-state index contributed by atoms with van der Waals surface area (Å²) in [5, 5.41) is 0. The Labute approximate surface area is 137 Å². The van der Waals surface area contributed by atoms with E-state index in [-0.39, 0.29) is 5.91 Å². The van der Waals surface area contributed by atoms with Gasteiger partial charge in [0.05, 0.1) is 19.4 Å². The molecule has 1 heterocycles. The molecule has 1 amide bonds. The Bertz CT molecular complexity index is 630. The van der Waals surface area contributed by atoms with E-state index in [9.17, 15) is 4.79 Å². The van der Waals surface area contributed by atoms with Gasteiger partial charge in [0.15, 0.2) is 0 Å². The maximum Gasteiger partial charge on any atom is 0.241 e. The maximum absolute atomic E-state index is 12.5. The second kappa shape index (κ2) is 6.90. The lowest BCUT2D eigenvalue weighted by atomic mass is 10.2. The Hall–Kier alpha value is -2.23. The Morgan fingerprint density at radius 3 is 2.57 bits per heavy atom. The summed E-state index contributed by atoms with van der Waals surface area (Å²) < 4.78 is 5.46. The zero-order chi connectivity index (χ0) is 16.2. The highest BCUT2D eigenvalue weighted by atomic mass is 16.3. The molecule has 0 unspecified atom stereocenters. The molecule has 4 heteroatoms. The molecule has 0 aliphatic heterocycles. The van der Waals surface area contributed by atoms with Crippen molar-refractivity contribution in [1.29, 1.82) is 0 Å². The minimum atomic E-state index is 0.157. The van der Waals surface area contributed by atoms with Crippen molar-refractivity contribution in [2.75, 3.05) is 25.0 Å². The van der Waals surface area contributed by atoms with Crippen LogP contribution in [-0.4, -0.2) is 30.9 Å². The van der Waals surface area contributed by atoms with Crippen molar-refractivity contribution in [2.45, 2.75) is 26.3 Å². The van der Waals surface area contributed by atoms with Gasteiger partial charge in [0.25, 0.3) is 0 Å². The van der Waals surface area contributed by atoms with Gasteiger partial charge in [-0.05, 0) is 49.9 Å². The SMILES string of the molecule is Cc1ccc(N(CC(=O)N(C)CC2CC2)Cc2ccco2)cc1. The number of benzene rings is 1. The molecule has 1 fully saturated rings. The molecule has 3 rings (SSSR count). The number of nitrogens with zero attached hydrogens (tertiary/aromatic N) is 2. The van der Waals surface area contributed by atoms with Crippen molar-refractivity contribution in [3.63, 3.8) is 0 Å². The number of hydrogen-bond donors (Lipinski definition) is 0. The molecule has 2 aromatic rings. The molecule has 23 heavy (non-hydrogen) atoms. The highest BCUT2D eigenvalue weighted by Gasteiger charge is 2.25. The van der Waals surface area contributed by atoms with Crippen molar-refractivity contribution in [2.24, 2.45) is 5.92 Å². The van der Waals surface area contributed by atoms with E-state index in [1.807, 2.05) is 24.1 Å². The van der Waals surface area contributed by atoms with Gasteiger partial charge in [-0.1, -0.05) is 17.7 Å². The zero-order valence-corrected chi connectivity index (χ0v) is 13.9. The first kappa shape index (κ1) is 15.7. The third kappa shape index (κ3) is 4.38. The fourth-order valence-corrected chi connectivity index (χ4v) is 2.66. The quantitative estimate of drug-likeness (QED) is 0.785. The minimum absolute atomic E-state index is 0.157. The summed E-state index contributed by atoms with van der Waals surface area (Å²) in [6, 6.07) is 12.1. The molecule has 1 aromatic heterocycles. The summed E-state index contributed by atoms with van der Waals surface area (Å²) in [5.74, 6) is 1.73. The van der Waals surface area contributed by atoms with Crippen LogP contribution in [0.5, 0.6) is 0 Å².